The molecule has 1 heterocycles. The van der Waals surface area contributed by atoms with Crippen LogP contribution in [0.1, 0.15) is 37.8 Å². The molecule has 0 radical (unpaired) electrons. The molecule has 0 unspecified atom stereocenters. The van der Waals surface area contributed by atoms with Crippen LogP contribution < -0.4 is 4.74 Å². The molecule has 2 fully saturated rings. The minimum absolute atomic E-state index is 0.291. The van der Waals surface area contributed by atoms with Crippen LogP contribution >= 0.6 is 0 Å². The topological polar surface area (TPSA) is 40.6 Å². The van der Waals surface area contributed by atoms with Crippen molar-refractivity contribution in [2.75, 3.05) is 20.3 Å². The number of hydrogen-bond acceptors (Lipinski definition) is 4. The Hall–Kier alpha value is -1.13. The molecular weight excluding hydrogens is 254 g/mol. The Labute approximate surface area is 120 Å². The third kappa shape index (κ3) is 3.13. The normalized spacial score (nSPS) is 31.7. The Kier molecular flexibility index (Phi) is 4.22. The van der Waals surface area contributed by atoms with Gasteiger partial charge in [-0.1, -0.05) is 0 Å². The van der Waals surface area contributed by atoms with E-state index in [0.29, 0.717) is 24.0 Å². The summed E-state index contributed by atoms with van der Waals surface area (Å²) in [6.45, 7) is 3.70. The number of pyridine rings is 1. The van der Waals surface area contributed by atoms with Crippen LogP contribution in [-0.4, -0.2) is 37.5 Å². The summed E-state index contributed by atoms with van der Waals surface area (Å²) in [4.78, 5) is 4.54. The number of rotatable bonds is 7. The van der Waals surface area contributed by atoms with Crippen LogP contribution in [0.4, 0.5) is 0 Å². The second-order valence-electron chi connectivity index (χ2n) is 5.75. The molecule has 4 heteroatoms. The van der Waals surface area contributed by atoms with Crippen LogP contribution in [0.25, 0.3) is 0 Å². The molecule has 1 aromatic heterocycles. The molecule has 0 aromatic carbocycles. The second kappa shape index (κ2) is 6.10. The second-order valence-corrected chi connectivity index (χ2v) is 5.75. The lowest BCUT2D eigenvalue weighted by Crippen LogP contribution is -2.38. The fraction of sp³-hybridized carbons (Fsp3) is 0.688. The molecule has 2 saturated carbocycles. The standard InChI is InChI=1S/C16H23NO3/c1-3-19-10-11-6-15(11)16-5-4-12(9-17-16)20-14-7-13(8-14)18-2/h4-5,9,11,13-15H,3,6-8,10H2,1-2H3/t11-,13?,14?,15+/m0/s1. The van der Waals surface area contributed by atoms with Crippen molar-refractivity contribution in [1.82, 2.24) is 4.98 Å². The summed E-state index contributed by atoms with van der Waals surface area (Å²) in [5, 5.41) is 0. The van der Waals surface area contributed by atoms with Crippen molar-refractivity contribution in [2.24, 2.45) is 5.92 Å². The highest BCUT2D eigenvalue weighted by atomic mass is 16.5. The molecule has 4 nitrogen and oxygen atoms in total. The van der Waals surface area contributed by atoms with Crippen molar-refractivity contribution in [1.29, 1.82) is 0 Å². The zero-order valence-corrected chi connectivity index (χ0v) is 12.2. The third-order valence-corrected chi connectivity index (χ3v) is 4.29. The summed E-state index contributed by atoms with van der Waals surface area (Å²) in [5.41, 5.74) is 1.17. The van der Waals surface area contributed by atoms with Gasteiger partial charge in [0.2, 0.25) is 0 Å². The van der Waals surface area contributed by atoms with Gasteiger partial charge in [-0.3, -0.25) is 4.98 Å². The smallest absolute Gasteiger partial charge is 0.138 e. The van der Waals surface area contributed by atoms with Gasteiger partial charge in [-0.25, -0.2) is 0 Å². The molecular formula is C16H23NO3. The van der Waals surface area contributed by atoms with E-state index in [2.05, 4.69) is 11.1 Å². The quantitative estimate of drug-likeness (QED) is 0.768. The number of ether oxygens (including phenoxy) is 3. The van der Waals surface area contributed by atoms with Crippen molar-refractivity contribution in [2.45, 2.75) is 44.3 Å². The van der Waals surface area contributed by atoms with Crippen molar-refractivity contribution >= 4 is 0 Å². The Morgan fingerprint density at radius 3 is 2.70 bits per heavy atom. The molecule has 110 valence electrons. The average molecular weight is 277 g/mol. The van der Waals surface area contributed by atoms with E-state index in [1.165, 1.54) is 12.1 Å². The summed E-state index contributed by atoms with van der Waals surface area (Å²) in [5.74, 6) is 2.11. The molecule has 2 aliphatic rings. The van der Waals surface area contributed by atoms with Crippen LogP contribution in [-0.2, 0) is 9.47 Å². The molecule has 0 saturated heterocycles. The fourth-order valence-corrected chi connectivity index (χ4v) is 2.74. The van der Waals surface area contributed by atoms with Crippen LogP contribution in [0.2, 0.25) is 0 Å². The lowest BCUT2D eigenvalue weighted by Gasteiger charge is -2.34. The Morgan fingerprint density at radius 2 is 2.05 bits per heavy atom. The predicted octanol–water partition coefficient (Wildman–Crippen LogP) is 2.78. The van der Waals surface area contributed by atoms with Gasteiger partial charge in [-0.05, 0) is 31.4 Å². The highest BCUT2D eigenvalue weighted by Crippen LogP contribution is 2.46. The van der Waals surface area contributed by atoms with Gasteiger partial charge in [0.05, 0.1) is 18.9 Å². The molecule has 2 aliphatic carbocycles. The minimum Gasteiger partial charge on any atom is -0.489 e. The molecule has 1 aromatic rings. The first-order chi connectivity index (χ1) is 9.80. The zero-order valence-electron chi connectivity index (χ0n) is 12.2. The van der Waals surface area contributed by atoms with Crippen molar-refractivity contribution in [3.63, 3.8) is 0 Å². The van der Waals surface area contributed by atoms with E-state index in [9.17, 15) is 0 Å². The lowest BCUT2D eigenvalue weighted by atomic mass is 9.92. The fourth-order valence-electron chi connectivity index (χ4n) is 2.74. The molecule has 0 aliphatic heterocycles. The van der Waals surface area contributed by atoms with Gasteiger partial charge in [-0.2, -0.15) is 0 Å². The molecule has 0 N–H and O–H groups in total. The lowest BCUT2D eigenvalue weighted by molar-refractivity contribution is -0.0382. The number of hydrogen-bond donors (Lipinski definition) is 0. The Balaban J connectivity index is 1.46. The van der Waals surface area contributed by atoms with Crippen molar-refractivity contribution in [3.8, 4) is 5.75 Å². The molecule has 0 spiro atoms. The van der Waals surface area contributed by atoms with Gasteiger partial charge in [0.25, 0.3) is 0 Å². The summed E-state index contributed by atoms with van der Waals surface area (Å²) in [6, 6.07) is 4.14. The molecule has 0 amide bonds. The molecule has 2 atom stereocenters. The highest BCUT2D eigenvalue weighted by Gasteiger charge is 2.39. The number of methoxy groups -OCH3 is 1. The first-order valence-corrected chi connectivity index (χ1v) is 7.53. The van der Waals surface area contributed by atoms with Crippen LogP contribution in [0.5, 0.6) is 5.75 Å². The monoisotopic (exact) mass is 277 g/mol. The van der Waals surface area contributed by atoms with Gasteiger partial charge < -0.3 is 14.2 Å². The number of aromatic nitrogens is 1. The van der Waals surface area contributed by atoms with Crippen molar-refractivity contribution in [3.05, 3.63) is 24.0 Å². The van der Waals surface area contributed by atoms with Crippen LogP contribution in [0.3, 0.4) is 0 Å². The maximum Gasteiger partial charge on any atom is 0.138 e. The third-order valence-electron chi connectivity index (χ3n) is 4.29. The molecule has 0 bridgehead atoms. The minimum atomic E-state index is 0.291. The van der Waals surface area contributed by atoms with E-state index in [-0.39, 0.29) is 0 Å². The van der Waals surface area contributed by atoms with Gasteiger partial charge in [0.15, 0.2) is 0 Å². The first kappa shape index (κ1) is 13.8. The largest absolute Gasteiger partial charge is 0.489 e. The molecule has 20 heavy (non-hydrogen) atoms. The van der Waals surface area contributed by atoms with Gasteiger partial charge >= 0.3 is 0 Å². The Bertz CT molecular complexity index is 428. The average Bonchev–Trinajstić information content (AvgIpc) is 3.20. The summed E-state index contributed by atoms with van der Waals surface area (Å²) < 4.78 is 16.6. The van der Waals surface area contributed by atoms with E-state index < -0.39 is 0 Å². The maximum atomic E-state index is 5.86. The van der Waals surface area contributed by atoms with Gasteiger partial charge in [0.1, 0.15) is 11.9 Å². The van der Waals surface area contributed by atoms with E-state index in [1.807, 2.05) is 19.2 Å². The molecule has 3 rings (SSSR count). The van der Waals surface area contributed by atoms with E-state index >= 15 is 0 Å². The van der Waals surface area contributed by atoms with Gasteiger partial charge in [-0.15, -0.1) is 0 Å². The van der Waals surface area contributed by atoms with E-state index in [1.54, 1.807) is 7.11 Å². The van der Waals surface area contributed by atoms with Gasteiger partial charge in [0, 0.05) is 38.2 Å². The maximum absolute atomic E-state index is 5.86. The predicted molar refractivity (Wildman–Crippen MR) is 76.0 cm³/mol. The summed E-state index contributed by atoms with van der Waals surface area (Å²) >= 11 is 0. The summed E-state index contributed by atoms with van der Waals surface area (Å²) in [7, 11) is 1.76. The van der Waals surface area contributed by atoms with E-state index in [4.69, 9.17) is 14.2 Å². The van der Waals surface area contributed by atoms with E-state index in [0.717, 1.165) is 31.8 Å². The Morgan fingerprint density at radius 1 is 1.20 bits per heavy atom. The summed E-state index contributed by atoms with van der Waals surface area (Å²) in [6.07, 6.45) is 5.68. The zero-order chi connectivity index (χ0) is 13.9. The highest BCUT2D eigenvalue weighted by molar-refractivity contribution is 5.25. The number of nitrogens with zero attached hydrogens (tertiary/aromatic N) is 1. The SMILES string of the molecule is CCOC[C@@H]1C[C@H]1c1ccc(OC2CC(OC)C2)cn1. The van der Waals surface area contributed by atoms with Crippen LogP contribution in [0, 0.1) is 5.92 Å². The van der Waals surface area contributed by atoms with Crippen LogP contribution in [0.15, 0.2) is 18.3 Å². The van der Waals surface area contributed by atoms with Crippen molar-refractivity contribution < 1.29 is 14.2 Å². The first-order valence-electron chi connectivity index (χ1n) is 7.53.